The van der Waals surface area contributed by atoms with Gasteiger partial charge in [0.1, 0.15) is 11.5 Å². The second-order valence-corrected chi connectivity index (χ2v) is 8.50. The van der Waals surface area contributed by atoms with Crippen molar-refractivity contribution in [3.63, 3.8) is 0 Å². The van der Waals surface area contributed by atoms with E-state index in [4.69, 9.17) is 9.47 Å². The molecule has 2 aromatic carbocycles. The predicted molar refractivity (Wildman–Crippen MR) is 122 cm³/mol. The van der Waals surface area contributed by atoms with E-state index < -0.39 is 24.3 Å². The topological polar surface area (TPSA) is 151 Å². The van der Waals surface area contributed by atoms with Crippen molar-refractivity contribution >= 4 is 28.0 Å². The number of rotatable bonds is 5. The molecular weight excluding hydrogens is 442 g/mol. The van der Waals surface area contributed by atoms with Crippen LogP contribution in [0.25, 0.3) is 21.8 Å². The van der Waals surface area contributed by atoms with E-state index in [1.165, 1.54) is 24.5 Å². The van der Waals surface area contributed by atoms with Gasteiger partial charge in [0.2, 0.25) is 5.79 Å². The number of nitrogens with one attached hydrogen (secondary N) is 2. The first-order chi connectivity index (χ1) is 16.3. The molecule has 0 radical (unpaired) electrons. The number of carbonyl (C=O) groups is 1. The average Bonchev–Trinajstić information content (AvgIpc) is 3.52. The van der Waals surface area contributed by atoms with Gasteiger partial charge in [-0.05, 0) is 50.7 Å². The number of aromatic amines is 2. The first kappa shape index (κ1) is 22.4. The van der Waals surface area contributed by atoms with E-state index in [1.807, 2.05) is 11.9 Å². The molecule has 1 aliphatic rings. The van der Waals surface area contributed by atoms with E-state index in [2.05, 4.69) is 9.97 Å². The molecule has 34 heavy (non-hydrogen) atoms. The predicted octanol–water partition coefficient (Wildman–Crippen LogP) is 2.44. The Bertz CT molecular complexity index is 1360. The van der Waals surface area contributed by atoms with Crippen molar-refractivity contribution < 1.29 is 34.7 Å². The van der Waals surface area contributed by atoms with Crippen LogP contribution in [0.5, 0.6) is 11.5 Å². The van der Waals surface area contributed by atoms with E-state index in [1.54, 1.807) is 24.3 Å². The third-order valence-corrected chi connectivity index (χ3v) is 6.41. The Hall–Kier alpha value is -3.41. The Labute approximate surface area is 194 Å². The monoisotopic (exact) mass is 467 g/mol. The molecule has 0 saturated carbocycles. The summed E-state index contributed by atoms with van der Waals surface area (Å²) < 4.78 is 10.9. The fraction of sp³-hybridized carbons (Fsp3) is 0.292. The molecule has 3 heterocycles. The molecule has 1 aliphatic heterocycles. The van der Waals surface area contributed by atoms with Gasteiger partial charge < -0.3 is 39.9 Å². The lowest BCUT2D eigenvalue weighted by Crippen LogP contribution is -2.45. The lowest BCUT2D eigenvalue weighted by molar-refractivity contribution is -0.206. The molecule has 0 bridgehead atoms. The van der Waals surface area contributed by atoms with Crippen molar-refractivity contribution in [3.8, 4) is 11.5 Å². The summed E-state index contributed by atoms with van der Waals surface area (Å²) >= 11 is 0. The van der Waals surface area contributed by atoms with Crippen molar-refractivity contribution in [2.24, 2.45) is 0 Å². The molecule has 10 heteroatoms. The number of benzene rings is 2. The zero-order chi connectivity index (χ0) is 24.0. The van der Waals surface area contributed by atoms with Gasteiger partial charge in [-0.15, -0.1) is 0 Å². The van der Waals surface area contributed by atoms with E-state index in [-0.39, 0.29) is 22.6 Å². The summed E-state index contributed by atoms with van der Waals surface area (Å²) in [6.45, 7) is 0.751. The average molecular weight is 467 g/mol. The van der Waals surface area contributed by atoms with Gasteiger partial charge in [0, 0.05) is 34.6 Å². The van der Waals surface area contributed by atoms with Crippen molar-refractivity contribution in [2.45, 2.75) is 31.0 Å². The molecule has 1 saturated heterocycles. The quantitative estimate of drug-likeness (QED) is 0.149. The van der Waals surface area contributed by atoms with E-state index in [0.29, 0.717) is 28.2 Å². The number of hydrogen-bond acceptors (Lipinski definition) is 8. The number of H-pyrrole nitrogens is 2. The van der Waals surface area contributed by atoms with Gasteiger partial charge >= 0.3 is 6.16 Å². The Morgan fingerprint density at radius 2 is 1.65 bits per heavy atom. The maximum atomic E-state index is 12.7. The molecule has 1 unspecified atom stereocenters. The summed E-state index contributed by atoms with van der Waals surface area (Å²) in [5.74, 6) is -1.99. The third-order valence-electron chi connectivity index (χ3n) is 6.41. The summed E-state index contributed by atoms with van der Waals surface area (Å²) in [4.78, 5) is 20.5. The normalized spacial score (nSPS) is 17.2. The van der Waals surface area contributed by atoms with Crippen LogP contribution in [0, 0.1) is 0 Å². The molecule has 1 atom stereocenters. The highest BCUT2D eigenvalue weighted by molar-refractivity contribution is 5.93. The smallest absolute Gasteiger partial charge is 0.394 e. The van der Waals surface area contributed by atoms with Crippen LogP contribution in [0.1, 0.15) is 30.3 Å². The molecule has 0 amide bonds. The van der Waals surface area contributed by atoms with Gasteiger partial charge in [-0.1, -0.05) is 12.1 Å². The highest BCUT2D eigenvalue weighted by atomic mass is 16.7. The molecule has 0 spiro atoms. The second kappa shape index (κ2) is 8.42. The Balaban J connectivity index is 1.47. The highest BCUT2D eigenvalue weighted by Crippen LogP contribution is 2.39. The standard InChI is InChI=1S/C24H25N3O7/c1-27-10-4-9-19(27)24(31,32)14-12-26-16-6-3-8-18(21(14)16)34-23(30)33-17-7-2-5-15-20(17)13(11-25-15)22(28)29/h2-3,5-8,11-12,19,22,25-26,28-29,31-32H,4,9-10H2,1H3. The number of nitrogens with zero attached hydrogens (tertiary/aromatic N) is 1. The van der Waals surface area contributed by atoms with Gasteiger partial charge in [-0.25, -0.2) is 4.79 Å². The molecular formula is C24H25N3O7. The zero-order valence-electron chi connectivity index (χ0n) is 18.4. The fourth-order valence-corrected chi connectivity index (χ4v) is 4.79. The second-order valence-electron chi connectivity index (χ2n) is 8.50. The largest absolute Gasteiger partial charge is 0.519 e. The molecule has 10 nitrogen and oxygen atoms in total. The van der Waals surface area contributed by atoms with Crippen LogP contribution in [0.4, 0.5) is 4.79 Å². The van der Waals surface area contributed by atoms with Gasteiger partial charge in [-0.3, -0.25) is 4.90 Å². The number of hydrogen-bond donors (Lipinski definition) is 6. The van der Waals surface area contributed by atoms with Crippen molar-refractivity contribution in [1.82, 2.24) is 14.9 Å². The Kier molecular flexibility index (Phi) is 5.54. The van der Waals surface area contributed by atoms with Crippen LogP contribution in [0.2, 0.25) is 0 Å². The maximum Gasteiger partial charge on any atom is 0.519 e. The number of aliphatic hydroxyl groups is 4. The lowest BCUT2D eigenvalue weighted by atomic mass is 9.95. The lowest BCUT2D eigenvalue weighted by Gasteiger charge is -2.33. The number of likely N-dealkylation sites (N-methyl/N-ethyl adjacent to an activating group) is 1. The highest BCUT2D eigenvalue weighted by Gasteiger charge is 2.43. The summed E-state index contributed by atoms with van der Waals surface area (Å²) in [7, 11) is 1.83. The summed E-state index contributed by atoms with van der Waals surface area (Å²) in [6.07, 6.45) is 1.55. The first-order valence-corrected chi connectivity index (χ1v) is 10.9. The minimum absolute atomic E-state index is 0.0829. The van der Waals surface area contributed by atoms with Gasteiger partial charge in [0.05, 0.1) is 16.8 Å². The zero-order valence-corrected chi connectivity index (χ0v) is 18.4. The van der Waals surface area contributed by atoms with Crippen LogP contribution in [0.3, 0.4) is 0 Å². The number of carbonyl (C=O) groups excluding carboxylic acids is 1. The molecule has 6 N–H and O–H groups in total. The molecule has 2 aromatic heterocycles. The molecule has 178 valence electrons. The van der Waals surface area contributed by atoms with E-state index >= 15 is 0 Å². The minimum Gasteiger partial charge on any atom is -0.394 e. The summed E-state index contributed by atoms with van der Waals surface area (Å²) in [5, 5.41) is 42.1. The number of fused-ring (bicyclic) bond motifs is 2. The fourth-order valence-electron chi connectivity index (χ4n) is 4.79. The van der Waals surface area contributed by atoms with Crippen LogP contribution < -0.4 is 9.47 Å². The molecule has 1 fully saturated rings. The van der Waals surface area contributed by atoms with E-state index in [9.17, 15) is 25.2 Å². The summed E-state index contributed by atoms with van der Waals surface area (Å²) in [5.41, 5.74) is 1.46. The van der Waals surface area contributed by atoms with Gasteiger partial charge in [0.25, 0.3) is 0 Å². The van der Waals surface area contributed by atoms with Gasteiger partial charge in [-0.2, -0.15) is 0 Å². The Morgan fingerprint density at radius 1 is 1.03 bits per heavy atom. The third kappa shape index (κ3) is 3.71. The van der Waals surface area contributed by atoms with E-state index in [0.717, 1.165) is 13.0 Å². The van der Waals surface area contributed by atoms with Gasteiger partial charge in [0.15, 0.2) is 6.29 Å². The minimum atomic E-state index is -2.17. The first-order valence-electron chi connectivity index (χ1n) is 10.9. The van der Waals surface area contributed by atoms with Crippen LogP contribution in [0.15, 0.2) is 48.8 Å². The van der Waals surface area contributed by atoms with Crippen LogP contribution in [-0.4, -0.2) is 61.1 Å². The van der Waals surface area contributed by atoms with Crippen molar-refractivity contribution in [2.75, 3.05) is 13.6 Å². The Morgan fingerprint density at radius 3 is 2.26 bits per heavy atom. The molecule has 4 aromatic rings. The van der Waals surface area contributed by atoms with Crippen molar-refractivity contribution in [1.29, 1.82) is 0 Å². The number of ether oxygens (including phenoxy) is 2. The summed E-state index contributed by atoms with van der Waals surface area (Å²) in [6, 6.07) is 9.28. The molecule has 5 rings (SSSR count). The number of aliphatic hydroxyl groups excluding tert-OH is 1. The molecule has 0 aliphatic carbocycles. The maximum absolute atomic E-state index is 12.7. The number of likely N-dealkylation sites (tertiary alicyclic amines) is 1. The van der Waals surface area contributed by atoms with Crippen LogP contribution >= 0.6 is 0 Å². The van der Waals surface area contributed by atoms with Crippen LogP contribution in [-0.2, 0) is 5.79 Å². The number of aromatic nitrogens is 2. The van der Waals surface area contributed by atoms with Crippen molar-refractivity contribution in [3.05, 3.63) is 59.9 Å². The SMILES string of the molecule is CN1CCCC1C(O)(O)c1c[nH]c2cccc(OC(=O)Oc3cccc4[nH]cc(C(O)O)c34)c12.